The number of alkyl halides is 3. The molecule has 1 saturated heterocycles. The van der Waals surface area contributed by atoms with Gasteiger partial charge in [0.2, 0.25) is 0 Å². The van der Waals surface area contributed by atoms with Gasteiger partial charge in [-0.3, -0.25) is 9.59 Å². The number of piperidine rings is 1. The fourth-order valence-corrected chi connectivity index (χ4v) is 3.18. The highest BCUT2D eigenvalue weighted by Gasteiger charge is 2.44. The summed E-state index contributed by atoms with van der Waals surface area (Å²) in [6, 6.07) is 4.56. The summed E-state index contributed by atoms with van der Waals surface area (Å²) < 4.78 is 44.4. The highest BCUT2D eigenvalue weighted by molar-refractivity contribution is 5.96. The largest absolute Gasteiger partial charge is 0.481 e. The number of aliphatic carboxylic acids is 1. The lowest BCUT2D eigenvalue weighted by molar-refractivity contribution is -0.153. The number of carbonyl (C=O) groups is 2. The summed E-state index contributed by atoms with van der Waals surface area (Å²) in [5, 5.41) is 9.60. The van der Waals surface area contributed by atoms with Crippen molar-refractivity contribution < 1.29 is 32.6 Å². The molecule has 1 N–H and O–H groups in total. The van der Waals surface area contributed by atoms with Crippen LogP contribution in [-0.4, -0.2) is 48.7 Å². The van der Waals surface area contributed by atoms with Gasteiger partial charge in [-0.25, -0.2) is 0 Å². The van der Waals surface area contributed by atoms with E-state index in [0.29, 0.717) is 12.8 Å². The zero-order chi connectivity index (χ0) is 18.7. The molecule has 0 bridgehead atoms. The van der Waals surface area contributed by atoms with Crippen molar-refractivity contribution in [3.8, 4) is 0 Å². The molecule has 1 aromatic rings. The van der Waals surface area contributed by atoms with Gasteiger partial charge in [0.1, 0.15) is 0 Å². The molecule has 1 unspecified atom stereocenters. The summed E-state index contributed by atoms with van der Waals surface area (Å²) in [5.41, 5.74) is -2.66. The van der Waals surface area contributed by atoms with Gasteiger partial charge in [0.05, 0.1) is 16.5 Å². The molecule has 1 atom stereocenters. The third-order valence-electron chi connectivity index (χ3n) is 4.57. The predicted molar refractivity (Wildman–Crippen MR) is 83.1 cm³/mol. The number of likely N-dealkylation sites (tertiary alicyclic amines) is 1. The van der Waals surface area contributed by atoms with E-state index >= 15 is 0 Å². The zero-order valence-electron chi connectivity index (χ0n) is 13.8. The Balaban J connectivity index is 2.30. The molecule has 0 aromatic heterocycles. The molecule has 0 radical (unpaired) electrons. The van der Waals surface area contributed by atoms with E-state index in [4.69, 9.17) is 4.74 Å². The first kappa shape index (κ1) is 19.2. The van der Waals surface area contributed by atoms with Crippen molar-refractivity contribution in [1.29, 1.82) is 0 Å². The number of carbonyl (C=O) groups excluding carboxylic acids is 1. The van der Waals surface area contributed by atoms with Gasteiger partial charge in [-0.2, -0.15) is 13.2 Å². The third-order valence-corrected chi connectivity index (χ3v) is 4.57. The number of methoxy groups -OCH3 is 1. The highest BCUT2D eigenvalue weighted by atomic mass is 19.4. The Labute approximate surface area is 143 Å². The van der Waals surface area contributed by atoms with E-state index in [2.05, 4.69) is 0 Å². The molecule has 1 aromatic carbocycles. The molecule has 1 aliphatic heterocycles. The number of carboxylic acid groups (broad SMARTS) is 1. The van der Waals surface area contributed by atoms with Crippen LogP contribution in [-0.2, 0) is 15.7 Å². The van der Waals surface area contributed by atoms with Gasteiger partial charge in [-0.15, -0.1) is 0 Å². The maximum Gasteiger partial charge on any atom is 0.417 e. The number of hydrogen-bond donors (Lipinski definition) is 1. The first-order chi connectivity index (χ1) is 11.7. The molecule has 0 saturated carbocycles. The molecule has 1 heterocycles. The molecule has 1 amide bonds. The van der Waals surface area contributed by atoms with Gasteiger partial charge in [0.15, 0.2) is 0 Å². The first-order valence-corrected chi connectivity index (χ1v) is 7.89. The van der Waals surface area contributed by atoms with Crippen LogP contribution in [0.2, 0.25) is 0 Å². The van der Waals surface area contributed by atoms with Crippen molar-refractivity contribution >= 4 is 11.9 Å². The Morgan fingerprint density at radius 1 is 1.32 bits per heavy atom. The average molecular weight is 359 g/mol. The second-order valence-electron chi connectivity index (χ2n) is 6.20. The van der Waals surface area contributed by atoms with Crippen LogP contribution in [0.3, 0.4) is 0 Å². The van der Waals surface area contributed by atoms with Crippen LogP contribution < -0.4 is 0 Å². The quantitative estimate of drug-likeness (QED) is 0.878. The van der Waals surface area contributed by atoms with E-state index in [1.807, 2.05) is 0 Å². The Hall–Kier alpha value is -2.09. The number of hydrogen-bond acceptors (Lipinski definition) is 3. The summed E-state index contributed by atoms with van der Waals surface area (Å²) in [6.07, 6.45) is -3.68. The Kier molecular flexibility index (Phi) is 5.72. The minimum atomic E-state index is -4.65. The SMILES string of the molecule is COCCC1(C(=O)O)CCCN(C(=O)c2ccccc2C(F)(F)F)C1. The van der Waals surface area contributed by atoms with Crippen LogP contribution >= 0.6 is 0 Å². The number of nitrogens with zero attached hydrogens (tertiary/aromatic N) is 1. The molecule has 0 aliphatic carbocycles. The van der Waals surface area contributed by atoms with E-state index in [1.165, 1.54) is 24.1 Å². The summed E-state index contributed by atoms with van der Waals surface area (Å²) in [4.78, 5) is 25.6. The Morgan fingerprint density at radius 3 is 2.60 bits per heavy atom. The lowest BCUT2D eigenvalue weighted by atomic mass is 9.77. The van der Waals surface area contributed by atoms with Crippen LogP contribution in [0.1, 0.15) is 35.2 Å². The topological polar surface area (TPSA) is 66.8 Å². The molecule has 8 heteroatoms. The van der Waals surface area contributed by atoms with Gasteiger partial charge < -0.3 is 14.7 Å². The van der Waals surface area contributed by atoms with Crippen LogP contribution in [0.25, 0.3) is 0 Å². The van der Waals surface area contributed by atoms with Gasteiger partial charge in [0, 0.05) is 26.8 Å². The van der Waals surface area contributed by atoms with E-state index in [1.54, 1.807) is 0 Å². The fourth-order valence-electron chi connectivity index (χ4n) is 3.18. The Morgan fingerprint density at radius 2 is 2.00 bits per heavy atom. The molecule has 5 nitrogen and oxygen atoms in total. The van der Waals surface area contributed by atoms with Crippen molar-refractivity contribution in [3.63, 3.8) is 0 Å². The normalized spacial score (nSPS) is 21.2. The van der Waals surface area contributed by atoms with Crippen LogP contribution in [0.5, 0.6) is 0 Å². The molecule has 25 heavy (non-hydrogen) atoms. The van der Waals surface area contributed by atoms with Crippen LogP contribution in [0, 0.1) is 5.41 Å². The maximum atomic E-state index is 13.1. The van der Waals surface area contributed by atoms with Crippen molar-refractivity contribution in [2.75, 3.05) is 26.8 Å². The lowest BCUT2D eigenvalue weighted by Gasteiger charge is -2.40. The zero-order valence-corrected chi connectivity index (χ0v) is 13.8. The molecule has 0 spiro atoms. The van der Waals surface area contributed by atoms with Crippen molar-refractivity contribution in [3.05, 3.63) is 35.4 Å². The van der Waals surface area contributed by atoms with E-state index in [-0.39, 0.29) is 26.1 Å². The second-order valence-corrected chi connectivity index (χ2v) is 6.20. The van der Waals surface area contributed by atoms with Crippen molar-refractivity contribution in [2.45, 2.75) is 25.4 Å². The minimum absolute atomic E-state index is 0.128. The molecular formula is C17H20F3NO4. The highest BCUT2D eigenvalue weighted by Crippen LogP contribution is 2.36. The minimum Gasteiger partial charge on any atom is -0.481 e. The van der Waals surface area contributed by atoms with Gasteiger partial charge in [-0.1, -0.05) is 12.1 Å². The number of halogens is 3. The Bertz CT molecular complexity index is 647. The number of benzene rings is 1. The number of ether oxygens (including phenoxy) is 1. The number of carboxylic acids is 1. The summed E-state index contributed by atoms with van der Waals surface area (Å²) in [5.74, 6) is -1.86. The third kappa shape index (κ3) is 4.12. The van der Waals surface area contributed by atoms with Crippen LogP contribution in [0.15, 0.2) is 24.3 Å². The number of rotatable bonds is 5. The van der Waals surface area contributed by atoms with Crippen molar-refractivity contribution in [2.24, 2.45) is 5.41 Å². The lowest BCUT2D eigenvalue weighted by Crippen LogP contribution is -2.50. The first-order valence-electron chi connectivity index (χ1n) is 7.89. The van der Waals surface area contributed by atoms with E-state index < -0.39 is 34.6 Å². The maximum absolute atomic E-state index is 13.1. The summed E-state index contributed by atoms with van der Waals surface area (Å²) in [6.45, 7) is 0.303. The monoisotopic (exact) mass is 359 g/mol. The van der Waals surface area contributed by atoms with Gasteiger partial charge in [0.25, 0.3) is 5.91 Å². The van der Waals surface area contributed by atoms with Gasteiger partial charge in [-0.05, 0) is 31.4 Å². The smallest absolute Gasteiger partial charge is 0.417 e. The molecule has 1 fully saturated rings. The summed E-state index contributed by atoms with van der Waals surface area (Å²) in [7, 11) is 1.45. The molecular weight excluding hydrogens is 339 g/mol. The van der Waals surface area contributed by atoms with E-state index in [9.17, 15) is 27.9 Å². The fraction of sp³-hybridized carbons (Fsp3) is 0.529. The average Bonchev–Trinajstić information content (AvgIpc) is 2.58. The van der Waals surface area contributed by atoms with E-state index in [0.717, 1.165) is 12.1 Å². The predicted octanol–water partition coefficient (Wildman–Crippen LogP) is 3.05. The molecule has 1 aliphatic rings. The number of amides is 1. The summed E-state index contributed by atoms with van der Waals surface area (Å²) >= 11 is 0. The molecule has 2 rings (SSSR count). The van der Waals surface area contributed by atoms with Crippen LogP contribution in [0.4, 0.5) is 13.2 Å². The van der Waals surface area contributed by atoms with Crippen molar-refractivity contribution in [1.82, 2.24) is 4.90 Å². The molecule has 138 valence electrons. The van der Waals surface area contributed by atoms with Gasteiger partial charge >= 0.3 is 12.1 Å². The second kappa shape index (κ2) is 7.43. The standard InChI is InChI=1S/C17H20F3NO4/c1-25-10-8-16(15(23)24)7-4-9-21(11-16)14(22)12-5-2-3-6-13(12)17(18,19)20/h2-3,5-6H,4,7-11H2,1H3,(H,23,24).